The van der Waals surface area contributed by atoms with Gasteiger partial charge in [0.2, 0.25) is 5.13 Å². The number of nitrogens with zero attached hydrogens (tertiary/aromatic N) is 2. The standard InChI is InChI=1S/C14H17N3O2S/c1-9(2)8-11(13(18)19)15-14-16-12(17-20-14)10-6-4-3-5-7-10/h3-7,9,11H,8H2,1-2H3,(H,18,19)(H,15,16,17)/t11-/m0/s1. The molecule has 6 heteroatoms. The molecule has 0 unspecified atom stereocenters. The van der Waals surface area contributed by atoms with E-state index in [0.29, 0.717) is 23.3 Å². The smallest absolute Gasteiger partial charge is 0.326 e. The molecule has 0 amide bonds. The molecule has 0 aliphatic heterocycles. The molecule has 0 saturated heterocycles. The van der Waals surface area contributed by atoms with Crippen molar-refractivity contribution in [1.82, 2.24) is 9.36 Å². The molecule has 0 radical (unpaired) electrons. The lowest BCUT2D eigenvalue weighted by Gasteiger charge is -2.15. The fourth-order valence-electron chi connectivity index (χ4n) is 1.83. The van der Waals surface area contributed by atoms with E-state index in [1.54, 1.807) is 0 Å². The first-order valence-electron chi connectivity index (χ1n) is 6.44. The maximum absolute atomic E-state index is 11.2. The number of carboxylic acid groups (broad SMARTS) is 1. The summed E-state index contributed by atoms with van der Waals surface area (Å²) in [6.07, 6.45) is 0.551. The molecule has 1 heterocycles. The highest BCUT2D eigenvalue weighted by Gasteiger charge is 2.20. The number of hydrogen-bond donors (Lipinski definition) is 2. The average Bonchev–Trinajstić information content (AvgIpc) is 2.87. The van der Waals surface area contributed by atoms with Crippen LogP contribution in [-0.2, 0) is 4.79 Å². The highest BCUT2D eigenvalue weighted by molar-refractivity contribution is 7.09. The Bertz CT molecular complexity index is 569. The first kappa shape index (κ1) is 14.5. The lowest BCUT2D eigenvalue weighted by atomic mass is 10.0. The van der Waals surface area contributed by atoms with Gasteiger partial charge >= 0.3 is 5.97 Å². The number of aromatic nitrogens is 2. The Kier molecular flexibility index (Phi) is 4.68. The van der Waals surface area contributed by atoms with Crippen molar-refractivity contribution < 1.29 is 9.90 Å². The van der Waals surface area contributed by atoms with E-state index in [1.165, 1.54) is 11.5 Å². The summed E-state index contributed by atoms with van der Waals surface area (Å²) in [6.45, 7) is 3.99. The summed E-state index contributed by atoms with van der Waals surface area (Å²) >= 11 is 1.18. The predicted molar refractivity (Wildman–Crippen MR) is 79.8 cm³/mol. The largest absolute Gasteiger partial charge is 0.480 e. The molecule has 2 aromatic rings. The Morgan fingerprint density at radius 2 is 2.05 bits per heavy atom. The molecule has 1 atom stereocenters. The monoisotopic (exact) mass is 291 g/mol. The molecule has 2 rings (SSSR count). The minimum Gasteiger partial charge on any atom is -0.480 e. The third-order valence-electron chi connectivity index (χ3n) is 2.76. The second-order valence-electron chi connectivity index (χ2n) is 4.95. The molecule has 0 aliphatic carbocycles. The molecule has 1 aromatic heterocycles. The van der Waals surface area contributed by atoms with Gasteiger partial charge in [0.1, 0.15) is 6.04 Å². The van der Waals surface area contributed by atoms with Crippen LogP contribution < -0.4 is 5.32 Å². The van der Waals surface area contributed by atoms with E-state index >= 15 is 0 Å². The molecule has 0 fully saturated rings. The van der Waals surface area contributed by atoms with Gasteiger partial charge in [0.15, 0.2) is 5.82 Å². The molecule has 0 aliphatic rings. The summed E-state index contributed by atoms with van der Waals surface area (Å²) in [5.74, 6) is 0.0482. The molecule has 106 valence electrons. The van der Waals surface area contributed by atoms with Crippen molar-refractivity contribution in [3.05, 3.63) is 30.3 Å². The molecule has 20 heavy (non-hydrogen) atoms. The van der Waals surface area contributed by atoms with E-state index in [-0.39, 0.29) is 0 Å². The minimum atomic E-state index is -0.866. The van der Waals surface area contributed by atoms with Crippen LogP contribution in [0.5, 0.6) is 0 Å². The molecular weight excluding hydrogens is 274 g/mol. The fraction of sp³-hybridized carbons (Fsp3) is 0.357. The van der Waals surface area contributed by atoms with Gasteiger partial charge < -0.3 is 10.4 Å². The minimum absolute atomic E-state index is 0.296. The van der Waals surface area contributed by atoms with Crippen molar-refractivity contribution >= 4 is 22.6 Å². The normalized spacial score (nSPS) is 12.3. The number of carbonyl (C=O) groups is 1. The highest BCUT2D eigenvalue weighted by Crippen LogP contribution is 2.22. The lowest BCUT2D eigenvalue weighted by Crippen LogP contribution is -2.30. The number of rotatable bonds is 6. The second-order valence-corrected chi connectivity index (χ2v) is 5.71. The molecule has 0 saturated carbocycles. The SMILES string of the molecule is CC(C)C[C@H](Nc1nc(-c2ccccc2)ns1)C(=O)O. The fourth-order valence-corrected chi connectivity index (χ4v) is 2.47. The lowest BCUT2D eigenvalue weighted by molar-refractivity contribution is -0.138. The van der Waals surface area contributed by atoms with E-state index < -0.39 is 12.0 Å². The van der Waals surface area contributed by atoms with Gasteiger partial charge in [-0.15, -0.1) is 0 Å². The highest BCUT2D eigenvalue weighted by atomic mass is 32.1. The first-order valence-corrected chi connectivity index (χ1v) is 7.22. The number of anilines is 1. The van der Waals surface area contributed by atoms with E-state index in [0.717, 1.165) is 5.56 Å². The van der Waals surface area contributed by atoms with Crippen LogP contribution in [0.15, 0.2) is 30.3 Å². The van der Waals surface area contributed by atoms with Gasteiger partial charge in [0, 0.05) is 17.1 Å². The van der Waals surface area contributed by atoms with Gasteiger partial charge in [-0.05, 0) is 12.3 Å². The summed E-state index contributed by atoms with van der Waals surface area (Å²) in [6, 6.07) is 8.98. The molecule has 2 N–H and O–H groups in total. The second kappa shape index (κ2) is 6.47. The van der Waals surface area contributed by atoms with Gasteiger partial charge in [0.05, 0.1) is 0 Å². The third kappa shape index (κ3) is 3.77. The summed E-state index contributed by atoms with van der Waals surface area (Å²) in [5, 5.41) is 12.7. The Morgan fingerprint density at radius 1 is 1.35 bits per heavy atom. The van der Waals surface area contributed by atoms with Crippen molar-refractivity contribution in [2.45, 2.75) is 26.3 Å². The van der Waals surface area contributed by atoms with Crippen molar-refractivity contribution in [3.8, 4) is 11.4 Å². The number of nitrogens with one attached hydrogen (secondary N) is 1. The van der Waals surface area contributed by atoms with Gasteiger partial charge in [-0.1, -0.05) is 44.2 Å². The molecule has 1 aromatic carbocycles. The van der Waals surface area contributed by atoms with Crippen molar-refractivity contribution in [2.75, 3.05) is 5.32 Å². The van der Waals surface area contributed by atoms with Crippen LogP contribution in [0, 0.1) is 5.92 Å². The van der Waals surface area contributed by atoms with Crippen LogP contribution >= 0.6 is 11.5 Å². The Hall–Kier alpha value is -1.95. The number of aliphatic carboxylic acids is 1. The number of hydrogen-bond acceptors (Lipinski definition) is 5. The zero-order valence-electron chi connectivity index (χ0n) is 11.4. The van der Waals surface area contributed by atoms with Crippen molar-refractivity contribution in [1.29, 1.82) is 0 Å². The van der Waals surface area contributed by atoms with Gasteiger partial charge in [0.25, 0.3) is 0 Å². The van der Waals surface area contributed by atoms with E-state index in [2.05, 4.69) is 14.7 Å². The van der Waals surface area contributed by atoms with Crippen LogP contribution in [-0.4, -0.2) is 26.5 Å². The third-order valence-corrected chi connectivity index (χ3v) is 3.41. The van der Waals surface area contributed by atoms with E-state index in [4.69, 9.17) is 0 Å². The first-order chi connectivity index (χ1) is 9.56. The summed E-state index contributed by atoms with van der Waals surface area (Å²) in [4.78, 5) is 15.6. The number of carboxylic acids is 1. The quantitative estimate of drug-likeness (QED) is 0.855. The van der Waals surface area contributed by atoms with E-state index in [1.807, 2.05) is 44.2 Å². The summed E-state index contributed by atoms with van der Waals surface area (Å²) < 4.78 is 4.25. The topological polar surface area (TPSA) is 75.1 Å². The summed E-state index contributed by atoms with van der Waals surface area (Å²) in [5.41, 5.74) is 0.924. The van der Waals surface area contributed by atoms with Crippen LogP contribution in [0.3, 0.4) is 0 Å². The van der Waals surface area contributed by atoms with Crippen LogP contribution in [0.2, 0.25) is 0 Å². The van der Waals surface area contributed by atoms with E-state index in [9.17, 15) is 9.90 Å². The Balaban J connectivity index is 2.10. The molecular formula is C14H17N3O2S. The van der Waals surface area contributed by atoms with Gasteiger partial charge in [-0.2, -0.15) is 9.36 Å². The van der Waals surface area contributed by atoms with Crippen molar-refractivity contribution in [3.63, 3.8) is 0 Å². The zero-order chi connectivity index (χ0) is 14.5. The average molecular weight is 291 g/mol. The molecule has 0 bridgehead atoms. The van der Waals surface area contributed by atoms with Crippen molar-refractivity contribution in [2.24, 2.45) is 5.92 Å². The Morgan fingerprint density at radius 3 is 2.65 bits per heavy atom. The van der Waals surface area contributed by atoms with Gasteiger partial charge in [-0.25, -0.2) is 4.79 Å². The molecule has 0 spiro atoms. The van der Waals surface area contributed by atoms with Crippen LogP contribution in [0.1, 0.15) is 20.3 Å². The van der Waals surface area contributed by atoms with Crippen LogP contribution in [0.4, 0.5) is 5.13 Å². The summed E-state index contributed by atoms with van der Waals surface area (Å²) in [7, 11) is 0. The maximum Gasteiger partial charge on any atom is 0.326 e. The maximum atomic E-state index is 11.2. The predicted octanol–water partition coefficient (Wildman–Crippen LogP) is 3.12. The van der Waals surface area contributed by atoms with Crippen LogP contribution in [0.25, 0.3) is 11.4 Å². The van der Waals surface area contributed by atoms with Gasteiger partial charge in [-0.3, -0.25) is 0 Å². The number of benzene rings is 1. The zero-order valence-corrected chi connectivity index (χ0v) is 12.2. The molecule has 5 nitrogen and oxygen atoms in total. The Labute approximate surface area is 121 Å².